The van der Waals surface area contributed by atoms with Gasteiger partial charge in [0.1, 0.15) is 5.75 Å². The maximum Gasteiger partial charge on any atom is 0.294 e. The van der Waals surface area contributed by atoms with Gasteiger partial charge in [0.25, 0.3) is 10.1 Å². The molecule has 5 heteroatoms. The minimum Gasteiger partial charge on any atom is -0.508 e. The molecule has 0 bridgehead atoms. The predicted octanol–water partition coefficient (Wildman–Crippen LogP) is 2.96. The first-order valence-electron chi connectivity index (χ1n) is 8.59. The quantitative estimate of drug-likeness (QED) is 0.854. The molecule has 0 radical (unpaired) electrons. The monoisotopic (exact) mass is 298 g/mol. The van der Waals surface area contributed by atoms with Crippen LogP contribution in [0, 0.1) is 0 Å². The van der Waals surface area contributed by atoms with Crippen LogP contribution in [0.5, 0.6) is 5.75 Å². The van der Waals surface area contributed by atoms with Crippen LogP contribution in [-0.4, -0.2) is 18.1 Å². The number of phenolic OH excluding ortho intramolecular Hbond substituents is 1. The number of benzene rings is 2. The summed E-state index contributed by atoms with van der Waals surface area (Å²) in [5.41, 5.74) is -2.73. The highest BCUT2D eigenvalue weighted by Crippen LogP contribution is 2.32. The van der Waals surface area contributed by atoms with Crippen molar-refractivity contribution in [3.63, 3.8) is 0 Å². The van der Waals surface area contributed by atoms with Crippen LogP contribution < -0.4 is 0 Å². The van der Waals surface area contributed by atoms with E-state index in [-0.39, 0.29) is 16.9 Å². The molecule has 0 amide bonds. The van der Waals surface area contributed by atoms with Crippen molar-refractivity contribution >= 4 is 10.1 Å². The summed E-state index contributed by atoms with van der Waals surface area (Å²) in [5, 5.41) is 9.45. The highest BCUT2D eigenvalue weighted by atomic mass is 32.2. The van der Waals surface area contributed by atoms with Gasteiger partial charge in [-0.1, -0.05) is 38.0 Å². The highest BCUT2D eigenvalue weighted by Gasteiger charge is 2.23. The first kappa shape index (κ1) is 8.44. The molecule has 0 heterocycles. The van der Waals surface area contributed by atoms with Gasteiger partial charge in [-0.05, 0) is 35.4 Å². The van der Waals surface area contributed by atoms with E-state index < -0.39 is 34.1 Å². The molecule has 2 aromatic rings. The molecule has 106 valence electrons. The molecular formula is C15H16O4S. The Morgan fingerprint density at radius 1 is 0.950 bits per heavy atom. The van der Waals surface area contributed by atoms with Crippen LogP contribution in [0.3, 0.4) is 0 Å². The van der Waals surface area contributed by atoms with Crippen LogP contribution in [0.4, 0.5) is 0 Å². The lowest BCUT2D eigenvalue weighted by molar-refractivity contribution is 0.474. The van der Waals surface area contributed by atoms with Gasteiger partial charge in [0.2, 0.25) is 0 Å². The van der Waals surface area contributed by atoms with E-state index in [4.69, 9.17) is 12.8 Å². The van der Waals surface area contributed by atoms with Gasteiger partial charge < -0.3 is 5.11 Å². The van der Waals surface area contributed by atoms with E-state index in [2.05, 4.69) is 0 Å². The third-order valence-electron chi connectivity index (χ3n) is 2.89. The number of hydrogen-bond donors (Lipinski definition) is 2. The fourth-order valence-electron chi connectivity index (χ4n) is 1.76. The zero-order chi connectivity index (χ0) is 20.0. The highest BCUT2D eigenvalue weighted by molar-refractivity contribution is 7.85. The normalized spacial score (nSPS) is 18.1. The molecule has 0 spiro atoms. The zero-order valence-electron chi connectivity index (χ0n) is 16.2. The van der Waals surface area contributed by atoms with Crippen molar-refractivity contribution in [1.82, 2.24) is 0 Å². The Morgan fingerprint density at radius 3 is 1.80 bits per heavy atom. The van der Waals surface area contributed by atoms with Gasteiger partial charge in [0.15, 0.2) is 0 Å². The van der Waals surface area contributed by atoms with Crippen molar-refractivity contribution in [3.8, 4) is 5.75 Å². The molecule has 0 saturated carbocycles. The van der Waals surface area contributed by atoms with Gasteiger partial charge in [0, 0.05) is 13.6 Å². The summed E-state index contributed by atoms with van der Waals surface area (Å²) in [5.74, 6) is -0.166. The summed E-state index contributed by atoms with van der Waals surface area (Å²) in [6.45, 7) is -6.07. The van der Waals surface area contributed by atoms with Gasteiger partial charge in [0.05, 0.1) is 4.90 Å². The molecule has 0 saturated heterocycles. The minimum atomic E-state index is -4.52. The van der Waals surface area contributed by atoms with Crippen molar-refractivity contribution in [2.24, 2.45) is 0 Å². The van der Waals surface area contributed by atoms with Crippen LogP contribution in [-0.2, 0) is 15.5 Å². The Kier molecular flexibility index (Phi) is 2.08. The first-order valence-corrected chi connectivity index (χ1v) is 7.03. The van der Waals surface area contributed by atoms with Crippen LogP contribution >= 0.6 is 0 Å². The average molecular weight is 298 g/mol. The van der Waals surface area contributed by atoms with Crippen LogP contribution in [0.1, 0.15) is 33.1 Å². The van der Waals surface area contributed by atoms with Gasteiger partial charge in [-0.25, -0.2) is 0 Å². The Balaban J connectivity index is 2.86. The third kappa shape index (κ3) is 2.84. The summed E-state index contributed by atoms with van der Waals surface area (Å²) in [7, 11) is -4.52. The fraction of sp³-hybridized carbons (Fsp3) is 0.200. The molecule has 0 aliphatic carbocycles. The molecule has 20 heavy (non-hydrogen) atoms. The average Bonchev–Trinajstić information content (AvgIpc) is 2.46. The molecule has 0 atom stereocenters. The molecule has 0 unspecified atom stereocenters. The summed E-state index contributed by atoms with van der Waals surface area (Å²) in [6, 6.07) is 8.73. The smallest absolute Gasteiger partial charge is 0.294 e. The third-order valence-corrected chi connectivity index (χ3v) is 3.75. The Bertz CT molecular complexity index is 870. The van der Waals surface area contributed by atoms with E-state index in [9.17, 15) is 13.5 Å². The zero-order valence-corrected chi connectivity index (χ0v) is 11.1. The second-order valence-corrected chi connectivity index (χ2v) is 5.72. The van der Waals surface area contributed by atoms with E-state index in [0.29, 0.717) is 0 Å². The molecule has 2 aromatic carbocycles. The van der Waals surface area contributed by atoms with Gasteiger partial charge in [-0.3, -0.25) is 4.55 Å². The minimum absolute atomic E-state index is 0.0881. The standard InChI is InChI=1S/C15H16O4S/c1-15(2,11-3-7-13(16)8-4-11)12-5-9-14(10-6-12)20(17,18)19/h3-10,16H,1-2H3,(H,17,18,19)/i1D3,2D3. The van der Waals surface area contributed by atoms with E-state index >= 15 is 0 Å². The molecule has 0 aliphatic rings. The lowest BCUT2D eigenvalue weighted by Gasteiger charge is -2.26. The second-order valence-electron chi connectivity index (χ2n) is 4.30. The Hall–Kier alpha value is -1.85. The van der Waals surface area contributed by atoms with Crippen molar-refractivity contribution < 1.29 is 26.3 Å². The SMILES string of the molecule is [2H]C([2H])([2H])C(c1ccc(O)cc1)(c1ccc(S(=O)(=O)O)cc1)C([2H])([2H])[2H]. The van der Waals surface area contributed by atoms with Crippen molar-refractivity contribution in [2.45, 2.75) is 24.0 Å². The first-order chi connectivity index (χ1) is 11.7. The summed E-state index contributed by atoms with van der Waals surface area (Å²) < 4.78 is 79.1. The molecule has 0 aliphatic heterocycles. The van der Waals surface area contributed by atoms with Gasteiger partial charge >= 0.3 is 0 Å². The van der Waals surface area contributed by atoms with E-state index in [1.165, 1.54) is 24.3 Å². The fourth-order valence-corrected chi connectivity index (χ4v) is 2.24. The van der Waals surface area contributed by atoms with Crippen LogP contribution in [0.25, 0.3) is 0 Å². The van der Waals surface area contributed by atoms with E-state index in [1.54, 1.807) is 0 Å². The molecule has 2 N–H and O–H groups in total. The largest absolute Gasteiger partial charge is 0.508 e. The lowest BCUT2D eigenvalue weighted by Crippen LogP contribution is -2.18. The van der Waals surface area contributed by atoms with Gasteiger partial charge in [-0.2, -0.15) is 8.42 Å². The molecule has 2 rings (SSSR count). The number of aromatic hydroxyl groups is 1. The summed E-state index contributed by atoms with van der Waals surface area (Å²) in [4.78, 5) is -0.489. The van der Waals surface area contributed by atoms with Crippen molar-refractivity contribution in [2.75, 3.05) is 0 Å². The number of hydrogen-bond acceptors (Lipinski definition) is 3. The van der Waals surface area contributed by atoms with Crippen molar-refractivity contribution in [1.29, 1.82) is 0 Å². The molecule has 0 aromatic heterocycles. The predicted molar refractivity (Wildman–Crippen MR) is 76.5 cm³/mol. The number of phenols is 1. The molecule has 4 nitrogen and oxygen atoms in total. The Morgan fingerprint density at radius 2 is 1.40 bits per heavy atom. The van der Waals surface area contributed by atoms with Crippen LogP contribution in [0.15, 0.2) is 53.4 Å². The topological polar surface area (TPSA) is 74.6 Å². The summed E-state index contributed by atoms with van der Waals surface area (Å²) in [6.07, 6.45) is 0. The van der Waals surface area contributed by atoms with Crippen LogP contribution in [0.2, 0.25) is 0 Å². The molecule has 0 fully saturated rings. The van der Waals surface area contributed by atoms with E-state index in [1.807, 2.05) is 0 Å². The Labute approximate surface area is 126 Å². The van der Waals surface area contributed by atoms with E-state index in [0.717, 1.165) is 24.3 Å². The lowest BCUT2D eigenvalue weighted by atomic mass is 9.78. The molecular weight excluding hydrogens is 276 g/mol. The summed E-state index contributed by atoms with van der Waals surface area (Å²) >= 11 is 0. The van der Waals surface area contributed by atoms with Gasteiger partial charge in [-0.15, -0.1) is 0 Å². The maximum atomic E-state index is 11.2. The second kappa shape index (κ2) is 4.92. The maximum absolute atomic E-state index is 11.2. The number of rotatable bonds is 3. The van der Waals surface area contributed by atoms with Crippen molar-refractivity contribution in [3.05, 3.63) is 59.7 Å².